The Morgan fingerprint density at radius 2 is 1.90 bits per heavy atom. The maximum atomic E-state index is 6.04. The molecule has 0 fully saturated rings. The highest BCUT2D eigenvalue weighted by molar-refractivity contribution is 5.86. The highest BCUT2D eigenvalue weighted by Gasteiger charge is 2.09. The van der Waals surface area contributed by atoms with Crippen molar-refractivity contribution < 1.29 is 4.74 Å². The average molecular weight is 266 g/mol. The van der Waals surface area contributed by atoms with E-state index >= 15 is 0 Å². The predicted molar refractivity (Wildman–Crippen MR) is 83.1 cm³/mol. The maximum absolute atomic E-state index is 6.04. The molecule has 0 atom stereocenters. The Morgan fingerprint density at radius 1 is 1.10 bits per heavy atom. The molecule has 0 aliphatic carbocycles. The van der Waals surface area contributed by atoms with Crippen LogP contribution in [0.5, 0.6) is 5.75 Å². The second-order valence-corrected chi connectivity index (χ2v) is 5.02. The van der Waals surface area contributed by atoms with Crippen molar-refractivity contribution in [2.75, 3.05) is 12.8 Å². The van der Waals surface area contributed by atoms with Gasteiger partial charge in [0.15, 0.2) is 0 Å². The topological polar surface area (TPSA) is 40.2 Å². The Labute approximate surface area is 118 Å². The SMILES string of the molecule is COc1ccc2c(c1)c(Cc1ccccc1N)cn2C. The zero-order valence-electron chi connectivity index (χ0n) is 11.8. The Bertz CT molecular complexity index is 759. The summed E-state index contributed by atoms with van der Waals surface area (Å²) < 4.78 is 7.47. The fourth-order valence-electron chi connectivity index (χ4n) is 2.62. The first-order valence-corrected chi connectivity index (χ1v) is 6.64. The summed E-state index contributed by atoms with van der Waals surface area (Å²) in [6.45, 7) is 0. The van der Waals surface area contributed by atoms with Crippen LogP contribution in [0.4, 0.5) is 5.69 Å². The third kappa shape index (κ3) is 2.11. The summed E-state index contributed by atoms with van der Waals surface area (Å²) in [5.41, 5.74) is 10.5. The largest absolute Gasteiger partial charge is 0.497 e. The molecule has 3 rings (SSSR count). The molecule has 20 heavy (non-hydrogen) atoms. The second-order valence-electron chi connectivity index (χ2n) is 5.02. The Hall–Kier alpha value is -2.42. The van der Waals surface area contributed by atoms with Gasteiger partial charge in [-0.15, -0.1) is 0 Å². The number of anilines is 1. The van der Waals surface area contributed by atoms with Crippen LogP contribution in [0.3, 0.4) is 0 Å². The molecule has 0 saturated heterocycles. The number of hydrogen-bond acceptors (Lipinski definition) is 2. The molecular weight excluding hydrogens is 248 g/mol. The number of aromatic nitrogens is 1. The molecule has 3 heteroatoms. The number of nitrogen functional groups attached to an aromatic ring is 1. The third-order valence-electron chi connectivity index (χ3n) is 3.72. The number of aryl methyl sites for hydroxylation is 1. The predicted octanol–water partition coefficient (Wildman–Crippen LogP) is 3.36. The first-order valence-electron chi connectivity index (χ1n) is 6.64. The molecule has 0 spiro atoms. The summed E-state index contributed by atoms with van der Waals surface area (Å²) in [7, 11) is 3.76. The van der Waals surface area contributed by atoms with Crippen LogP contribution in [0.1, 0.15) is 11.1 Å². The van der Waals surface area contributed by atoms with E-state index < -0.39 is 0 Å². The van der Waals surface area contributed by atoms with Crippen molar-refractivity contribution in [3.63, 3.8) is 0 Å². The summed E-state index contributed by atoms with van der Waals surface area (Å²) in [6.07, 6.45) is 2.99. The van der Waals surface area contributed by atoms with Gasteiger partial charge in [0.1, 0.15) is 5.75 Å². The molecule has 0 aliphatic rings. The molecule has 2 N–H and O–H groups in total. The van der Waals surface area contributed by atoms with E-state index in [1.807, 2.05) is 24.3 Å². The fraction of sp³-hybridized carbons (Fsp3) is 0.176. The molecular formula is C17H18N2O. The Morgan fingerprint density at radius 3 is 2.65 bits per heavy atom. The van der Waals surface area contributed by atoms with Crippen LogP contribution in [-0.2, 0) is 13.5 Å². The van der Waals surface area contributed by atoms with Gasteiger partial charge in [0.25, 0.3) is 0 Å². The van der Waals surface area contributed by atoms with Crippen molar-refractivity contribution in [2.45, 2.75) is 6.42 Å². The van der Waals surface area contributed by atoms with Crippen LogP contribution in [0.2, 0.25) is 0 Å². The van der Waals surface area contributed by atoms with Crippen LogP contribution in [0.15, 0.2) is 48.7 Å². The van der Waals surface area contributed by atoms with E-state index in [1.54, 1.807) is 7.11 Å². The van der Waals surface area contributed by atoms with Gasteiger partial charge in [0, 0.05) is 36.3 Å². The van der Waals surface area contributed by atoms with E-state index in [0.29, 0.717) is 0 Å². The highest BCUT2D eigenvalue weighted by Crippen LogP contribution is 2.28. The van der Waals surface area contributed by atoms with Gasteiger partial charge in [0.2, 0.25) is 0 Å². The Balaban J connectivity index is 2.09. The second kappa shape index (κ2) is 4.93. The molecule has 2 aromatic carbocycles. The first kappa shape index (κ1) is 12.6. The van der Waals surface area contributed by atoms with E-state index in [2.05, 4.69) is 36.0 Å². The molecule has 3 nitrogen and oxygen atoms in total. The molecule has 0 bridgehead atoms. The third-order valence-corrected chi connectivity index (χ3v) is 3.72. The van der Waals surface area contributed by atoms with E-state index in [9.17, 15) is 0 Å². The van der Waals surface area contributed by atoms with Gasteiger partial charge in [0.05, 0.1) is 7.11 Å². The normalized spacial score (nSPS) is 10.9. The van der Waals surface area contributed by atoms with Crippen LogP contribution >= 0.6 is 0 Å². The number of para-hydroxylation sites is 1. The van der Waals surface area contributed by atoms with Crippen molar-refractivity contribution in [2.24, 2.45) is 7.05 Å². The smallest absolute Gasteiger partial charge is 0.119 e. The summed E-state index contributed by atoms with van der Waals surface area (Å²) in [6, 6.07) is 14.2. The van der Waals surface area contributed by atoms with Gasteiger partial charge in [-0.1, -0.05) is 18.2 Å². The van der Waals surface area contributed by atoms with Crippen molar-refractivity contribution in [3.05, 3.63) is 59.8 Å². The molecule has 0 radical (unpaired) electrons. The van der Waals surface area contributed by atoms with Crippen molar-refractivity contribution in [1.29, 1.82) is 0 Å². The van der Waals surface area contributed by atoms with Gasteiger partial charge in [-0.3, -0.25) is 0 Å². The number of nitrogens with two attached hydrogens (primary N) is 1. The minimum atomic E-state index is 0.831. The van der Waals surface area contributed by atoms with Gasteiger partial charge < -0.3 is 15.0 Å². The molecule has 0 saturated carbocycles. The molecule has 3 aromatic rings. The van der Waals surface area contributed by atoms with E-state index in [-0.39, 0.29) is 0 Å². The van der Waals surface area contributed by atoms with E-state index in [4.69, 9.17) is 10.5 Å². The first-order chi connectivity index (χ1) is 9.69. The lowest BCUT2D eigenvalue weighted by molar-refractivity contribution is 0.415. The number of rotatable bonds is 3. The van der Waals surface area contributed by atoms with E-state index in [0.717, 1.165) is 23.4 Å². The van der Waals surface area contributed by atoms with Crippen LogP contribution in [0, 0.1) is 0 Å². The zero-order valence-corrected chi connectivity index (χ0v) is 11.8. The summed E-state index contributed by atoms with van der Waals surface area (Å²) in [5.74, 6) is 0.881. The summed E-state index contributed by atoms with van der Waals surface area (Å²) in [5, 5.41) is 1.22. The fourth-order valence-corrected chi connectivity index (χ4v) is 2.62. The summed E-state index contributed by atoms with van der Waals surface area (Å²) in [4.78, 5) is 0. The van der Waals surface area contributed by atoms with Crippen molar-refractivity contribution in [1.82, 2.24) is 4.57 Å². The number of nitrogens with zero attached hydrogens (tertiary/aromatic N) is 1. The van der Waals surface area contributed by atoms with Gasteiger partial charge >= 0.3 is 0 Å². The molecule has 102 valence electrons. The van der Waals surface area contributed by atoms with E-state index in [1.165, 1.54) is 16.5 Å². The lowest BCUT2D eigenvalue weighted by Crippen LogP contribution is -1.94. The van der Waals surface area contributed by atoms with Gasteiger partial charge in [-0.2, -0.15) is 0 Å². The van der Waals surface area contributed by atoms with Gasteiger partial charge in [-0.05, 0) is 35.4 Å². The molecule has 0 amide bonds. The van der Waals surface area contributed by atoms with Crippen molar-refractivity contribution >= 4 is 16.6 Å². The zero-order chi connectivity index (χ0) is 14.1. The molecule has 0 unspecified atom stereocenters. The number of benzene rings is 2. The minimum absolute atomic E-state index is 0.831. The average Bonchev–Trinajstić information content (AvgIpc) is 2.77. The van der Waals surface area contributed by atoms with Gasteiger partial charge in [-0.25, -0.2) is 0 Å². The number of methoxy groups -OCH3 is 1. The number of fused-ring (bicyclic) bond motifs is 1. The number of hydrogen-bond donors (Lipinski definition) is 1. The standard InChI is InChI=1S/C17H18N2O/c1-19-11-13(9-12-5-3-4-6-16(12)18)15-10-14(20-2)7-8-17(15)19/h3-8,10-11H,9,18H2,1-2H3. The molecule has 1 aromatic heterocycles. The number of ether oxygens (including phenoxy) is 1. The monoisotopic (exact) mass is 266 g/mol. The summed E-state index contributed by atoms with van der Waals surface area (Å²) >= 11 is 0. The van der Waals surface area contributed by atoms with Crippen LogP contribution in [-0.4, -0.2) is 11.7 Å². The van der Waals surface area contributed by atoms with Crippen LogP contribution in [0.25, 0.3) is 10.9 Å². The maximum Gasteiger partial charge on any atom is 0.119 e. The van der Waals surface area contributed by atoms with Crippen molar-refractivity contribution in [3.8, 4) is 5.75 Å². The highest BCUT2D eigenvalue weighted by atomic mass is 16.5. The molecule has 1 heterocycles. The quantitative estimate of drug-likeness (QED) is 0.738. The lowest BCUT2D eigenvalue weighted by atomic mass is 10.0. The Kier molecular flexibility index (Phi) is 3.11. The molecule has 0 aliphatic heterocycles. The minimum Gasteiger partial charge on any atom is -0.497 e. The lowest BCUT2D eigenvalue weighted by Gasteiger charge is -2.05. The van der Waals surface area contributed by atoms with Crippen LogP contribution < -0.4 is 10.5 Å².